The Morgan fingerprint density at radius 3 is 1.55 bits per heavy atom. The van der Waals surface area contributed by atoms with Gasteiger partial charge < -0.3 is 4.90 Å². The summed E-state index contributed by atoms with van der Waals surface area (Å²) in [6, 6.07) is 65.8. The van der Waals surface area contributed by atoms with E-state index >= 15 is 0 Å². The summed E-state index contributed by atoms with van der Waals surface area (Å²) in [5.74, 6) is 0. The molecule has 51 heavy (non-hydrogen) atoms. The van der Waals surface area contributed by atoms with E-state index in [0.717, 1.165) is 11.4 Å². The maximum absolute atomic E-state index is 2.49. The highest BCUT2D eigenvalue weighted by molar-refractivity contribution is 6.09. The average Bonchev–Trinajstić information content (AvgIpc) is 3.74. The van der Waals surface area contributed by atoms with Gasteiger partial charge in [-0.25, -0.2) is 0 Å². The molecule has 0 bridgehead atoms. The summed E-state index contributed by atoms with van der Waals surface area (Å²) < 4.78 is 0. The Kier molecular flexibility index (Phi) is 5.72. The largest absolute Gasteiger partial charge is 0.310 e. The first-order valence-electron chi connectivity index (χ1n) is 18.0. The molecule has 0 saturated heterocycles. The van der Waals surface area contributed by atoms with Crippen LogP contribution in [-0.4, -0.2) is 0 Å². The van der Waals surface area contributed by atoms with Crippen molar-refractivity contribution in [3.63, 3.8) is 0 Å². The number of nitrogens with zero attached hydrogens (tertiary/aromatic N) is 1. The summed E-state index contributed by atoms with van der Waals surface area (Å²) in [6.07, 6.45) is 0. The Morgan fingerprint density at radius 1 is 0.353 bits per heavy atom. The molecule has 0 saturated carbocycles. The number of rotatable bonds is 3. The first-order chi connectivity index (χ1) is 25.1. The van der Waals surface area contributed by atoms with Crippen molar-refractivity contribution in [1.82, 2.24) is 0 Å². The van der Waals surface area contributed by atoms with Crippen molar-refractivity contribution in [3.05, 3.63) is 209 Å². The fourth-order valence-corrected chi connectivity index (χ4v) is 9.96. The SMILES string of the molecule is CC1(C)c2ccccc2-c2c1ccc1c(N(c3ccccc3)c3ccc4c(c3)C3(c5ccccc5-c5ccccc53)c3ccccc3-4)cccc21. The molecule has 240 valence electrons. The standard InChI is InChI=1S/C50H35N/c1-49(2)41-22-10-9-20-40(41)48-39-21-14-26-47(38(39)29-30-45(48)49)51(32-15-4-3-5-16-32)33-27-28-37-36-19-8-13-25-44(36)50(46(37)31-33)42-23-11-6-17-34(42)35-18-7-12-24-43(35)50/h3-31H,1-2H3. The van der Waals surface area contributed by atoms with Gasteiger partial charge in [0.15, 0.2) is 0 Å². The zero-order valence-corrected chi connectivity index (χ0v) is 28.7. The van der Waals surface area contributed by atoms with Crippen molar-refractivity contribution in [2.24, 2.45) is 0 Å². The van der Waals surface area contributed by atoms with E-state index in [1.807, 2.05) is 0 Å². The maximum atomic E-state index is 2.49. The molecule has 0 heterocycles. The van der Waals surface area contributed by atoms with Crippen LogP contribution >= 0.6 is 0 Å². The van der Waals surface area contributed by atoms with E-state index in [2.05, 4.69) is 195 Å². The topological polar surface area (TPSA) is 3.24 Å². The van der Waals surface area contributed by atoms with E-state index in [-0.39, 0.29) is 5.41 Å². The van der Waals surface area contributed by atoms with Gasteiger partial charge >= 0.3 is 0 Å². The molecule has 3 aliphatic rings. The lowest BCUT2D eigenvalue weighted by Crippen LogP contribution is -2.26. The van der Waals surface area contributed by atoms with Crippen LogP contribution in [0.15, 0.2) is 176 Å². The molecule has 0 N–H and O–H groups in total. The predicted octanol–water partition coefficient (Wildman–Crippen LogP) is 13.0. The van der Waals surface area contributed by atoms with Crippen molar-refractivity contribution < 1.29 is 0 Å². The highest BCUT2D eigenvalue weighted by Crippen LogP contribution is 2.63. The third kappa shape index (κ3) is 3.60. The summed E-state index contributed by atoms with van der Waals surface area (Å²) in [5, 5.41) is 2.55. The lowest BCUT2D eigenvalue weighted by atomic mass is 9.70. The molecule has 0 radical (unpaired) electrons. The molecule has 0 fully saturated rings. The number of fused-ring (bicyclic) bond motifs is 15. The van der Waals surface area contributed by atoms with Crippen LogP contribution in [0.25, 0.3) is 44.2 Å². The minimum atomic E-state index is -0.396. The number of hydrogen-bond acceptors (Lipinski definition) is 1. The number of benzene rings is 8. The van der Waals surface area contributed by atoms with Crippen molar-refractivity contribution in [2.45, 2.75) is 24.7 Å². The molecular formula is C50H35N. The Labute approximate surface area is 299 Å². The van der Waals surface area contributed by atoms with Gasteiger partial charge in [-0.15, -0.1) is 0 Å². The fourth-order valence-electron chi connectivity index (χ4n) is 9.96. The first-order valence-corrected chi connectivity index (χ1v) is 18.0. The molecule has 0 atom stereocenters. The van der Waals surface area contributed by atoms with Crippen LogP contribution in [0.4, 0.5) is 17.1 Å². The van der Waals surface area contributed by atoms with Gasteiger partial charge in [0, 0.05) is 22.2 Å². The Bertz CT molecular complexity index is 2670. The molecular weight excluding hydrogens is 615 g/mol. The lowest BCUT2D eigenvalue weighted by molar-refractivity contribution is 0.661. The van der Waals surface area contributed by atoms with Crippen LogP contribution in [0.1, 0.15) is 47.2 Å². The third-order valence-corrected chi connectivity index (χ3v) is 12.1. The van der Waals surface area contributed by atoms with E-state index in [9.17, 15) is 0 Å². The highest BCUT2D eigenvalue weighted by atomic mass is 15.1. The third-order valence-electron chi connectivity index (χ3n) is 12.1. The lowest BCUT2D eigenvalue weighted by Gasteiger charge is -2.32. The van der Waals surface area contributed by atoms with Crippen LogP contribution in [0.3, 0.4) is 0 Å². The normalized spacial score (nSPS) is 14.8. The predicted molar refractivity (Wildman–Crippen MR) is 212 cm³/mol. The van der Waals surface area contributed by atoms with Gasteiger partial charge in [0.25, 0.3) is 0 Å². The molecule has 0 amide bonds. The summed E-state index contributed by atoms with van der Waals surface area (Å²) in [5.41, 5.74) is 19.3. The van der Waals surface area contributed by atoms with Crippen molar-refractivity contribution in [1.29, 1.82) is 0 Å². The molecule has 1 spiro atoms. The monoisotopic (exact) mass is 649 g/mol. The second-order valence-corrected chi connectivity index (χ2v) is 14.8. The van der Waals surface area contributed by atoms with Gasteiger partial charge in [-0.3, -0.25) is 0 Å². The summed E-state index contributed by atoms with van der Waals surface area (Å²) in [4.78, 5) is 2.48. The summed E-state index contributed by atoms with van der Waals surface area (Å²) in [6.45, 7) is 4.72. The smallest absolute Gasteiger partial charge is 0.0726 e. The molecule has 3 aliphatic carbocycles. The van der Waals surface area contributed by atoms with E-state index in [1.165, 1.54) is 83.2 Å². The Hall–Kier alpha value is -6.18. The molecule has 0 aromatic heterocycles. The molecule has 0 aliphatic heterocycles. The van der Waals surface area contributed by atoms with E-state index < -0.39 is 5.41 Å². The molecule has 11 rings (SSSR count). The summed E-state index contributed by atoms with van der Waals surface area (Å²) in [7, 11) is 0. The minimum absolute atomic E-state index is 0.0492. The molecule has 8 aromatic carbocycles. The van der Waals surface area contributed by atoms with Crippen molar-refractivity contribution >= 4 is 27.8 Å². The van der Waals surface area contributed by atoms with Crippen LogP contribution in [0, 0.1) is 0 Å². The second kappa shape index (κ2) is 10.2. The van der Waals surface area contributed by atoms with Gasteiger partial charge in [0.1, 0.15) is 0 Å². The Balaban J connectivity index is 1.20. The number of anilines is 3. The Morgan fingerprint density at radius 2 is 0.902 bits per heavy atom. The minimum Gasteiger partial charge on any atom is -0.310 e. The maximum Gasteiger partial charge on any atom is 0.0726 e. The second-order valence-electron chi connectivity index (χ2n) is 14.8. The van der Waals surface area contributed by atoms with Crippen molar-refractivity contribution in [2.75, 3.05) is 4.90 Å². The number of para-hydroxylation sites is 1. The van der Waals surface area contributed by atoms with E-state index in [1.54, 1.807) is 0 Å². The molecule has 0 unspecified atom stereocenters. The quantitative estimate of drug-likeness (QED) is 0.184. The van der Waals surface area contributed by atoms with Gasteiger partial charge in [0.2, 0.25) is 0 Å². The number of hydrogen-bond donors (Lipinski definition) is 0. The van der Waals surface area contributed by atoms with Crippen LogP contribution in [0.2, 0.25) is 0 Å². The van der Waals surface area contributed by atoms with Gasteiger partial charge in [0.05, 0.1) is 11.1 Å². The van der Waals surface area contributed by atoms with Crippen LogP contribution in [0.5, 0.6) is 0 Å². The van der Waals surface area contributed by atoms with Gasteiger partial charge in [-0.2, -0.15) is 0 Å². The van der Waals surface area contributed by atoms with E-state index in [0.29, 0.717) is 0 Å². The highest BCUT2D eigenvalue weighted by Gasteiger charge is 2.51. The zero-order valence-electron chi connectivity index (χ0n) is 28.7. The molecule has 1 heteroatoms. The molecule has 8 aromatic rings. The molecule has 1 nitrogen and oxygen atoms in total. The van der Waals surface area contributed by atoms with E-state index in [4.69, 9.17) is 0 Å². The fraction of sp³-hybridized carbons (Fsp3) is 0.0800. The van der Waals surface area contributed by atoms with Crippen LogP contribution in [-0.2, 0) is 10.8 Å². The van der Waals surface area contributed by atoms with Gasteiger partial charge in [-0.1, -0.05) is 159 Å². The zero-order chi connectivity index (χ0) is 33.9. The van der Waals surface area contributed by atoms with Crippen LogP contribution < -0.4 is 4.90 Å². The van der Waals surface area contributed by atoms with Crippen molar-refractivity contribution in [3.8, 4) is 33.4 Å². The van der Waals surface area contributed by atoms with Gasteiger partial charge in [-0.05, 0) is 102 Å². The summed E-state index contributed by atoms with van der Waals surface area (Å²) >= 11 is 0. The average molecular weight is 650 g/mol. The first kappa shape index (κ1) is 28.6.